The van der Waals surface area contributed by atoms with E-state index in [2.05, 4.69) is 59.7 Å². The molecule has 2 aromatic rings. The maximum absolute atomic E-state index is 12.2. The summed E-state index contributed by atoms with van der Waals surface area (Å²) in [6.07, 6.45) is 3.73. The molecule has 1 aromatic heterocycles. The lowest BCUT2D eigenvalue weighted by molar-refractivity contribution is 0.0540. The molecule has 4 rings (SSSR count). The first-order chi connectivity index (χ1) is 14.6. The standard InChI is InChI=1S/C27H36N2O2/c1-17-14-18(2)21-8-9-22-19(3)16-20(4)28-24(22)27(6,23(21)15-17)26(5)10-12-29(13-11-26)25(30)31-7/h14-16H,8-13H2,1-7H3. The first kappa shape index (κ1) is 21.9. The zero-order valence-corrected chi connectivity index (χ0v) is 20.2. The van der Waals surface area contributed by atoms with Gasteiger partial charge in [0.25, 0.3) is 0 Å². The van der Waals surface area contributed by atoms with Gasteiger partial charge in [-0.1, -0.05) is 24.6 Å². The molecule has 1 aliphatic heterocycles. The second kappa shape index (κ2) is 7.65. The summed E-state index contributed by atoms with van der Waals surface area (Å²) >= 11 is 0. The number of pyridine rings is 1. The Balaban J connectivity index is 1.94. The lowest BCUT2D eigenvalue weighted by atomic mass is 9.55. The summed E-state index contributed by atoms with van der Waals surface area (Å²) < 4.78 is 5.00. The van der Waals surface area contributed by atoms with Gasteiger partial charge in [0.15, 0.2) is 0 Å². The minimum atomic E-state index is -0.218. The van der Waals surface area contributed by atoms with Gasteiger partial charge in [-0.3, -0.25) is 4.98 Å². The number of hydrogen-bond donors (Lipinski definition) is 0. The first-order valence-corrected chi connectivity index (χ1v) is 11.5. The van der Waals surface area contributed by atoms with Gasteiger partial charge in [-0.25, -0.2) is 4.79 Å². The second-order valence-corrected chi connectivity index (χ2v) is 10.2. The average Bonchev–Trinajstić information content (AvgIpc) is 2.84. The van der Waals surface area contributed by atoms with Crippen LogP contribution in [0.25, 0.3) is 0 Å². The molecule has 1 aromatic carbocycles. The Hall–Kier alpha value is -2.36. The molecule has 1 fully saturated rings. The molecule has 1 aliphatic carbocycles. The van der Waals surface area contributed by atoms with Crippen molar-refractivity contribution in [2.24, 2.45) is 5.41 Å². The number of fused-ring (bicyclic) bond motifs is 2. The van der Waals surface area contributed by atoms with Crippen molar-refractivity contribution in [1.29, 1.82) is 0 Å². The maximum Gasteiger partial charge on any atom is 0.409 e. The lowest BCUT2D eigenvalue weighted by Crippen LogP contribution is -2.52. The van der Waals surface area contributed by atoms with Crippen LogP contribution in [0.3, 0.4) is 0 Å². The summed E-state index contributed by atoms with van der Waals surface area (Å²) in [4.78, 5) is 19.2. The van der Waals surface area contributed by atoms with Crippen LogP contribution in [-0.2, 0) is 23.0 Å². The van der Waals surface area contributed by atoms with Gasteiger partial charge in [0.2, 0.25) is 0 Å². The van der Waals surface area contributed by atoms with Gasteiger partial charge in [-0.05, 0) is 99.6 Å². The van der Waals surface area contributed by atoms with E-state index in [4.69, 9.17) is 9.72 Å². The molecule has 1 atom stereocenters. The van der Waals surface area contributed by atoms with Gasteiger partial charge < -0.3 is 9.64 Å². The minimum absolute atomic E-state index is 0.0151. The third-order valence-electron chi connectivity index (χ3n) is 8.24. The molecule has 1 saturated heterocycles. The van der Waals surface area contributed by atoms with E-state index in [9.17, 15) is 4.79 Å². The van der Waals surface area contributed by atoms with Crippen molar-refractivity contribution in [3.63, 3.8) is 0 Å². The van der Waals surface area contributed by atoms with E-state index in [1.54, 1.807) is 0 Å². The van der Waals surface area contributed by atoms with Crippen LogP contribution in [0, 0.1) is 33.1 Å². The number of carbonyl (C=O) groups excluding carboxylic acids is 1. The van der Waals surface area contributed by atoms with Crippen molar-refractivity contribution < 1.29 is 9.53 Å². The maximum atomic E-state index is 12.2. The van der Waals surface area contributed by atoms with Gasteiger partial charge >= 0.3 is 6.09 Å². The molecule has 1 amide bonds. The molecule has 0 spiro atoms. The number of likely N-dealkylation sites (tertiary alicyclic amines) is 1. The number of nitrogens with zero attached hydrogens (tertiary/aromatic N) is 2. The monoisotopic (exact) mass is 420 g/mol. The topological polar surface area (TPSA) is 42.4 Å². The summed E-state index contributed by atoms with van der Waals surface area (Å²) in [6.45, 7) is 15.1. The fraction of sp³-hybridized carbons (Fsp3) is 0.556. The normalized spacial score (nSPS) is 22.4. The van der Waals surface area contributed by atoms with E-state index < -0.39 is 0 Å². The zero-order valence-electron chi connectivity index (χ0n) is 20.2. The molecular formula is C27H36N2O2. The van der Waals surface area contributed by atoms with E-state index in [1.165, 1.54) is 46.2 Å². The third kappa shape index (κ3) is 3.35. The Morgan fingerprint density at radius 1 is 0.968 bits per heavy atom. The average molecular weight is 421 g/mol. The van der Waals surface area contributed by atoms with Crippen molar-refractivity contribution >= 4 is 6.09 Å². The van der Waals surface area contributed by atoms with Crippen LogP contribution in [0.15, 0.2) is 18.2 Å². The number of piperidine rings is 1. The van der Waals surface area contributed by atoms with Crippen LogP contribution >= 0.6 is 0 Å². The fourth-order valence-corrected chi connectivity index (χ4v) is 6.17. The first-order valence-electron chi connectivity index (χ1n) is 11.5. The number of aromatic nitrogens is 1. The Morgan fingerprint density at radius 2 is 1.58 bits per heavy atom. The fourth-order valence-electron chi connectivity index (χ4n) is 6.17. The third-order valence-corrected chi connectivity index (χ3v) is 8.24. The molecule has 166 valence electrons. The molecule has 0 N–H and O–H groups in total. The number of amides is 1. The molecule has 0 saturated carbocycles. The molecular weight excluding hydrogens is 384 g/mol. The Bertz CT molecular complexity index is 973. The van der Waals surface area contributed by atoms with Crippen molar-refractivity contribution in [2.75, 3.05) is 20.2 Å². The molecule has 2 heterocycles. The molecule has 1 unspecified atom stereocenters. The van der Waals surface area contributed by atoms with Gasteiger partial charge in [-0.15, -0.1) is 0 Å². The molecule has 31 heavy (non-hydrogen) atoms. The van der Waals surface area contributed by atoms with Crippen molar-refractivity contribution in [2.45, 2.75) is 72.6 Å². The van der Waals surface area contributed by atoms with E-state index >= 15 is 0 Å². The van der Waals surface area contributed by atoms with Crippen molar-refractivity contribution in [3.8, 4) is 0 Å². The summed E-state index contributed by atoms with van der Waals surface area (Å²) in [5.41, 5.74) is 10.5. The van der Waals surface area contributed by atoms with Crippen molar-refractivity contribution in [3.05, 3.63) is 63.0 Å². The highest BCUT2D eigenvalue weighted by molar-refractivity contribution is 5.67. The van der Waals surface area contributed by atoms with Gasteiger partial charge in [0.1, 0.15) is 0 Å². The Morgan fingerprint density at radius 3 is 2.23 bits per heavy atom. The van der Waals surface area contributed by atoms with Gasteiger partial charge in [-0.2, -0.15) is 0 Å². The highest BCUT2D eigenvalue weighted by Crippen LogP contribution is 2.55. The largest absolute Gasteiger partial charge is 0.453 e. The van der Waals surface area contributed by atoms with E-state index in [0.29, 0.717) is 0 Å². The van der Waals surface area contributed by atoms with Gasteiger partial charge in [0, 0.05) is 24.2 Å². The van der Waals surface area contributed by atoms with Crippen LogP contribution in [0.1, 0.15) is 71.5 Å². The number of ether oxygens (including phenoxy) is 1. The summed E-state index contributed by atoms with van der Waals surface area (Å²) in [7, 11) is 1.47. The minimum Gasteiger partial charge on any atom is -0.453 e. The predicted molar refractivity (Wildman–Crippen MR) is 125 cm³/mol. The highest BCUT2D eigenvalue weighted by Gasteiger charge is 2.52. The lowest BCUT2D eigenvalue weighted by Gasteiger charge is -2.51. The summed E-state index contributed by atoms with van der Waals surface area (Å²) in [5.74, 6) is 0. The molecule has 0 radical (unpaired) electrons. The number of hydrogen-bond acceptors (Lipinski definition) is 3. The van der Waals surface area contributed by atoms with Crippen LogP contribution in [-0.4, -0.2) is 36.2 Å². The highest BCUT2D eigenvalue weighted by atomic mass is 16.5. The molecule has 2 aliphatic rings. The van der Waals surface area contributed by atoms with Crippen LogP contribution in [0.4, 0.5) is 4.79 Å². The predicted octanol–water partition coefficient (Wildman–Crippen LogP) is 5.59. The van der Waals surface area contributed by atoms with Crippen LogP contribution in [0.2, 0.25) is 0 Å². The van der Waals surface area contributed by atoms with Crippen LogP contribution in [0.5, 0.6) is 0 Å². The molecule has 0 bridgehead atoms. The zero-order chi connectivity index (χ0) is 22.6. The Kier molecular flexibility index (Phi) is 5.39. The number of benzene rings is 1. The number of carbonyl (C=O) groups is 1. The molecule has 4 nitrogen and oxygen atoms in total. The quantitative estimate of drug-likeness (QED) is 0.604. The van der Waals surface area contributed by atoms with Gasteiger partial charge in [0.05, 0.1) is 12.8 Å². The van der Waals surface area contributed by atoms with Crippen LogP contribution < -0.4 is 0 Å². The summed E-state index contributed by atoms with van der Waals surface area (Å²) in [6, 6.07) is 6.97. The molecule has 4 heteroatoms. The number of methoxy groups -OCH3 is 1. The van der Waals surface area contributed by atoms with E-state index in [-0.39, 0.29) is 16.9 Å². The summed E-state index contributed by atoms with van der Waals surface area (Å²) in [5, 5.41) is 0. The van der Waals surface area contributed by atoms with E-state index in [1.807, 2.05) is 4.90 Å². The smallest absolute Gasteiger partial charge is 0.409 e. The van der Waals surface area contributed by atoms with E-state index in [0.717, 1.165) is 44.5 Å². The SMILES string of the molecule is COC(=O)N1CCC(C)(C2(C)c3cc(C)cc(C)c3CCc3c(C)cc(C)nc32)CC1. The number of rotatable bonds is 1. The second-order valence-electron chi connectivity index (χ2n) is 10.2. The Labute approximate surface area is 187 Å². The number of aryl methyl sites for hydroxylation is 4. The van der Waals surface area contributed by atoms with Crippen molar-refractivity contribution in [1.82, 2.24) is 9.88 Å².